The average molecular weight is 477 g/mol. The zero-order valence-electron chi connectivity index (χ0n) is 19.6. The number of pyridine rings is 1. The van der Waals surface area contributed by atoms with Crippen LogP contribution in [0.5, 0.6) is 17.2 Å². The van der Waals surface area contributed by atoms with Crippen LogP contribution in [0.3, 0.4) is 0 Å². The SMILES string of the molecule is C=CC12C(CC)C1CN(Cc1cc3c(cc1Cl)OCO3)C2Cc1ccnc2ccc(OC)cc12. The molecule has 6 heteroatoms. The van der Waals surface area contributed by atoms with Gasteiger partial charge in [-0.1, -0.05) is 31.0 Å². The Morgan fingerprint density at radius 3 is 2.79 bits per heavy atom. The molecule has 176 valence electrons. The van der Waals surface area contributed by atoms with Gasteiger partial charge in [0.2, 0.25) is 6.79 Å². The van der Waals surface area contributed by atoms with Crippen LogP contribution in [0.15, 0.2) is 55.3 Å². The van der Waals surface area contributed by atoms with Gasteiger partial charge in [-0.25, -0.2) is 0 Å². The Balaban J connectivity index is 1.37. The molecule has 6 rings (SSSR count). The topological polar surface area (TPSA) is 43.8 Å². The number of rotatable bonds is 7. The molecule has 1 saturated heterocycles. The lowest BCUT2D eigenvalue weighted by Gasteiger charge is -2.33. The molecule has 0 spiro atoms. The van der Waals surface area contributed by atoms with Crippen molar-refractivity contribution in [1.82, 2.24) is 9.88 Å². The molecule has 34 heavy (non-hydrogen) atoms. The van der Waals surface area contributed by atoms with E-state index in [9.17, 15) is 0 Å². The van der Waals surface area contributed by atoms with Crippen LogP contribution in [0, 0.1) is 17.3 Å². The largest absolute Gasteiger partial charge is 0.497 e. The minimum atomic E-state index is 0.131. The molecule has 2 fully saturated rings. The van der Waals surface area contributed by atoms with Crippen molar-refractivity contribution in [2.75, 3.05) is 20.4 Å². The van der Waals surface area contributed by atoms with Crippen molar-refractivity contribution in [2.45, 2.75) is 32.4 Å². The molecule has 4 unspecified atom stereocenters. The smallest absolute Gasteiger partial charge is 0.231 e. The van der Waals surface area contributed by atoms with E-state index in [1.165, 1.54) is 12.0 Å². The number of ether oxygens (including phenoxy) is 3. The van der Waals surface area contributed by atoms with E-state index < -0.39 is 0 Å². The number of hydrogen-bond acceptors (Lipinski definition) is 5. The second kappa shape index (κ2) is 8.17. The Kier molecular flexibility index (Phi) is 5.23. The molecular formula is C28H29ClN2O3. The summed E-state index contributed by atoms with van der Waals surface area (Å²) in [7, 11) is 1.71. The van der Waals surface area contributed by atoms with E-state index >= 15 is 0 Å². The summed E-state index contributed by atoms with van der Waals surface area (Å²) in [6, 6.07) is 12.5. The number of fused-ring (bicyclic) bond motifs is 3. The lowest BCUT2D eigenvalue weighted by Crippen LogP contribution is -2.39. The van der Waals surface area contributed by atoms with Gasteiger partial charge in [-0.15, -0.1) is 6.58 Å². The van der Waals surface area contributed by atoms with Crippen molar-refractivity contribution in [2.24, 2.45) is 17.3 Å². The summed E-state index contributed by atoms with van der Waals surface area (Å²) in [6.07, 6.45) is 6.26. The first-order valence-electron chi connectivity index (χ1n) is 12.0. The molecule has 3 heterocycles. The molecule has 0 amide bonds. The molecule has 3 aromatic rings. The normalized spacial score (nSPS) is 27.1. The Bertz CT molecular complexity index is 1280. The molecule has 5 nitrogen and oxygen atoms in total. The summed E-state index contributed by atoms with van der Waals surface area (Å²) in [4.78, 5) is 7.18. The van der Waals surface area contributed by atoms with Gasteiger partial charge >= 0.3 is 0 Å². The van der Waals surface area contributed by atoms with Gasteiger partial charge in [0.25, 0.3) is 0 Å². The lowest BCUT2D eigenvalue weighted by atomic mass is 9.86. The van der Waals surface area contributed by atoms with Gasteiger partial charge in [0.1, 0.15) is 5.75 Å². The van der Waals surface area contributed by atoms with E-state index in [1.54, 1.807) is 7.11 Å². The molecule has 2 aromatic carbocycles. The van der Waals surface area contributed by atoms with Gasteiger partial charge in [0.05, 0.1) is 12.6 Å². The Morgan fingerprint density at radius 2 is 2.03 bits per heavy atom. The Hall–Kier alpha value is -2.76. The van der Waals surface area contributed by atoms with Crippen molar-refractivity contribution in [3.05, 3.63) is 71.4 Å². The van der Waals surface area contributed by atoms with Gasteiger partial charge in [-0.05, 0) is 59.7 Å². The van der Waals surface area contributed by atoms with E-state index in [-0.39, 0.29) is 12.2 Å². The van der Waals surface area contributed by atoms with Gasteiger partial charge in [0, 0.05) is 47.2 Å². The second-order valence-corrected chi connectivity index (χ2v) is 10.0. The minimum Gasteiger partial charge on any atom is -0.497 e. The molecule has 1 saturated carbocycles. The zero-order chi connectivity index (χ0) is 23.4. The molecule has 2 aliphatic heterocycles. The van der Waals surface area contributed by atoms with Crippen LogP contribution in [-0.2, 0) is 13.0 Å². The van der Waals surface area contributed by atoms with Crippen LogP contribution in [0.2, 0.25) is 5.02 Å². The van der Waals surface area contributed by atoms with Gasteiger partial charge in [-0.3, -0.25) is 9.88 Å². The number of piperidine rings is 1. The predicted octanol–water partition coefficient (Wildman–Crippen LogP) is 5.88. The molecule has 3 aliphatic rings. The molecule has 0 radical (unpaired) electrons. The number of aromatic nitrogens is 1. The monoisotopic (exact) mass is 476 g/mol. The predicted molar refractivity (Wildman–Crippen MR) is 134 cm³/mol. The van der Waals surface area contributed by atoms with Crippen LogP contribution in [0.1, 0.15) is 24.5 Å². The first-order valence-corrected chi connectivity index (χ1v) is 12.3. The average Bonchev–Trinajstić information content (AvgIpc) is 3.09. The third-order valence-corrected chi connectivity index (χ3v) is 8.62. The van der Waals surface area contributed by atoms with Crippen molar-refractivity contribution < 1.29 is 14.2 Å². The Morgan fingerprint density at radius 1 is 1.21 bits per heavy atom. The zero-order valence-corrected chi connectivity index (χ0v) is 20.3. The highest BCUT2D eigenvalue weighted by Crippen LogP contribution is 2.69. The summed E-state index contributed by atoms with van der Waals surface area (Å²) in [5, 5.41) is 1.88. The van der Waals surface area contributed by atoms with Gasteiger partial charge in [0.15, 0.2) is 11.5 Å². The molecule has 0 bridgehead atoms. The van der Waals surface area contributed by atoms with Crippen molar-refractivity contribution in [3.63, 3.8) is 0 Å². The van der Waals surface area contributed by atoms with Crippen LogP contribution in [-0.4, -0.2) is 36.4 Å². The summed E-state index contributed by atoms with van der Waals surface area (Å²) < 4.78 is 16.6. The number of likely N-dealkylation sites (tertiary alicyclic amines) is 1. The maximum atomic E-state index is 6.67. The fourth-order valence-electron chi connectivity index (χ4n) is 6.62. The summed E-state index contributed by atoms with van der Waals surface area (Å²) in [6.45, 7) is 8.69. The summed E-state index contributed by atoms with van der Waals surface area (Å²) in [5.41, 5.74) is 3.49. The number of nitrogens with zero attached hydrogens (tertiary/aromatic N) is 2. The highest BCUT2D eigenvalue weighted by molar-refractivity contribution is 6.31. The first kappa shape index (κ1) is 21.8. The second-order valence-electron chi connectivity index (χ2n) is 9.62. The van der Waals surface area contributed by atoms with Crippen LogP contribution in [0.4, 0.5) is 0 Å². The van der Waals surface area contributed by atoms with Crippen LogP contribution >= 0.6 is 11.6 Å². The van der Waals surface area contributed by atoms with Crippen molar-refractivity contribution in [3.8, 4) is 17.2 Å². The first-order chi connectivity index (χ1) is 16.6. The van der Waals surface area contributed by atoms with Gasteiger partial charge < -0.3 is 14.2 Å². The molecule has 0 N–H and O–H groups in total. The van der Waals surface area contributed by atoms with Crippen LogP contribution < -0.4 is 14.2 Å². The number of halogens is 1. The third-order valence-electron chi connectivity index (χ3n) is 8.27. The molecule has 1 aliphatic carbocycles. The van der Waals surface area contributed by atoms with Crippen molar-refractivity contribution in [1.29, 1.82) is 0 Å². The number of benzene rings is 2. The third kappa shape index (κ3) is 3.21. The van der Waals surface area contributed by atoms with Crippen LogP contribution in [0.25, 0.3) is 10.9 Å². The highest BCUT2D eigenvalue weighted by atomic mass is 35.5. The van der Waals surface area contributed by atoms with E-state index in [0.29, 0.717) is 17.9 Å². The standard InChI is InChI=1S/C28H29ClN2O3/c1-4-21-22-15-31(14-18-10-25-26(13-23(18)29)34-16-33-25)27(28(21,22)5-2)11-17-8-9-30-24-7-6-19(32-3)12-20(17)24/h5-10,12-13,21-22,27H,2,4,11,14-16H2,1,3H3. The molecule has 1 aromatic heterocycles. The molecule has 4 atom stereocenters. The van der Waals surface area contributed by atoms with E-state index in [4.69, 9.17) is 25.8 Å². The fraction of sp³-hybridized carbons (Fsp3) is 0.393. The highest BCUT2D eigenvalue weighted by Gasteiger charge is 2.70. The van der Waals surface area contributed by atoms with E-state index in [2.05, 4.69) is 41.6 Å². The summed E-state index contributed by atoms with van der Waals surface area (Å²) >= 11 is 6.67. The maximum Gasteiger partial charge on any atom is 0.231 e. The minimum absolute atomic E-state index is 0.131. The Labute approximate surface area is 205 Å². The molecular weight excluding hydrogens is 448 g/mol. The quantitative estimate of drug-likeness (QED) is 0.398. The summed E-state index contributed by atoms with van der Waals surface area (Å²) in [5.74, 6) is 3.67. The maximum absolute atomic E-state index is 6.67. The van der Waals surface area contributed by atoms with Crippen molar-refractivity contribution >= 4 is 22.5 Å². The van der Waals surface area contributed by atoms with E-state index in [0.717, 1.165) is 58.2 Å². The lowest BCUT2D eigenvalue weighted by molar-refractivity contribution is 0.170. The van der Waals surface area contributed by atoms with E-state index in [1.807, 2.05) is 30.5 Å². The number of methoxy groups -OCH3 is 1. The fourth-order valence-corrected chi connectivity index (χ4v) is 6.83. The number of hydrogen-bond donors (Lipinski definition) is 0. The van der Waals surface area contributed by atoms with Gasteiger partial charge in [-0.2, -0.15) is 0 Å².